The van der Waals surface area contributed by atoms with Crippen molar-refractivity contribution in [3.63, 3.8) is 0 Å². The van der Waals surface area contributed by atoms with E-state index in [1.165, 1.54) is 0 Å². The van der Waals surface area contributed by atoms with Gasteiger partial charge in [-0.05, 0) is 64.0 Å². The zero-order chi connectivity index (χ0) is 24.2. The van der Waals surface area contributed by atoms with Crippen LogP contribution in [-0.4, -0.2) is 58.8 Å². The minimum atomic E-state index is -3.56. The molecule has 33 heavy (non-hydrogen) atoms. The number of amides is 2. The van der Waals surface area contributed by atoms with Crippen molar-refractivity contribution in [1.29, 1.82) is 0 Å². The average Bonchev–Trinajstić information content (AvgIpc) is 3.11. The Morgan fingerprint density at radius 1 is 1.06 bits per heavy atom. The first kappa shape index (κ1) is 25.6. The van der Waals surface area contributed by atoms with Crippen molar-refractivity contribution in [3.05, 3.63) is 29.8 Å². The summed E-state index contributed by atoms with van der Waals surface area (Å²) in [4.78, 5) is 25.1. The van der Waals surface area contributed by atoms with Crippen LogP contribution in [0.15, 0.2) is 29.2 Å². The maximum atomic E-state index is 12.6. The molecule has 1 saturated heterocycles. The zero-order valence-electron chi connectivity index (χ0n) is 19.0. The lowest BCUT2D eigenvalue weighted by Gasteiger charge is -2.28. The van der Waals surface area contributed by atoms with E-state index in [-0.39, 0.29) is 40.1 Å². The number of carbonyl (C=O) groups excluding carboxylic acids is 2. The third-order valence-corrected chi connectivity index (χ3v) is 9.65. The second-order valence-electron chi connectivity index (χ2n) is 9.22. The average molecular weight is 500 g/mol. The minimum Gasteiger partial charge on any atom is -0.351 e. The van der Waals surface area contributed by atoms with Crippen molar-refractivity contribution >= 4 is 31.7 Å². The summed E-state index contributed by atoms with van der Waals surface area (Å²) in [6.45, 7) is 3.81. The van der Waals surface area contributed by atoms with Crippen LogP contribution in [0.25, 0.3) is 0 Å². The Kier molecular flexibility index (Phi) is 8.17. The second-order valence-corrected chi connectivity index (χ2v) is 13.2. The smallest absolute Gasteiger partial charge is 0.242 e. The van der Waals surface area contributed by atoms with Crippen molar-refractivity contribution in [2.24, 2.45) is 11.8 Å². The molecule has 2 atom stereocenters. The Morgan fingerprint density at radius 2 is 1.70 bits per heavy atom. The Hall–Kier alpha value is -1.98. The molecular weight excluding hydrogens is 466 g/mol. The molecule has 0 bridgehead atoms. The number of rotatable bonds is 8. The second kappa shape index (κ2) is 10.5. The Balaban J connectivity index is 1.40. The van der Waals surface area contributed by atoms with E-state index >= 15 is 0 Å². The van der Waals surface area contributed by atoms with Crippen molar-refractivity contribution in [1.82, 2.24) is 15.4 Å². The first-order valence-corrected chi connectivity index (χ1v) is 14.6. The molecule has 1 aromatic carbocycles. The fraction of sp³-hybridized carbons (Fsp3) is 0.636. The Morgan fingerprint density at radius 3 is 2.27 bits per heavy atom. The van der Waals surface area contributed by atoms with Crippen molar-refractivity contribution in [3.8, 4) is 0 Å². The monoisotopic (exact) mass is 499 g/mol. The van der Waals surface area contributed by atoms with E-state index in [0.29, 0.717) is 25.8 Å². The predicted octanol–water partition coefficient (Wildman–Crippen LogP) is 0.888. The van der Waals surface area contributed by atoms with Crippen LogP contribution in [0.2, 0.25) is 0 Å². The van der Waals surface area contributed by atoms with E-state index in [1.54, 1.807) is 31.2 Å². The van der Waals surface area contributed by atoms with Gasteiger partial charge in [-0.3, -0.25) is 9.59 Å². The van der Waals surface area contributed by atoms with Gasteiger partial charge in [0.15, 0.2) is 9.84 Å². The molecule has 2 amide bonds. The first-order valence-electron chi connectivity index (χ1n) is 11.3. The Labute approximate surface area is 196 Å². The van der Waals surface area contributed by atoms with Gasteiger partial charge < -0.3 is 10.6 Å². The summed E-state index contributed by atoms with van der Waals surface area (Å²) in [7, 11) is -6.65. The van der Waals surface area contributed by atoms with Gasteiger partial charge in [0.25, 0.3) is 0 Å². The summed E-state index contributed by atoms with van der Waals surface area (Å²) < 4.78 is 50.6. The number of hydrogen-bond donors (Lipinski definition) is 3. The molecule has 0 radical (unpaired) electrons. The van der Waals surface area contributed by atoms with Gasteiger partial charge in [-0.15, -0.1) is 0 Å². The van der Waals surface area contributed by atoms with E-state index in [4.69, 9.17) is 0 Å². The molecule has 9 nitrogen and oxygen atoms in total. The highest BCUT2D eigenvalue weighted by atomic mass is 32.2. The first-order chi connectivity index (χ1) is 15.4. The molecule has 2 aliphatic rings. The highest BCUT2D eigenvalue weighted by molar-refractivity contribution is 7.91. The summed E-state index contributed by atoms with van der Waals surface area (Å²) in [5.41, 5.74) is 0.990. The number of hydrogen-bond acceptors (Lipinski definition) is 6. The maximum Gasteiger partial charge on any atom is 0.242 e. The molecular formula is C22H33N3O6S2. The fourth-order valence-corrected chi connectivity index (χ4v) is 7.08. The normalized spacial score (nSPS) is 25.8. The van der Waals surface area contributed by atoms with Crippen molar-refractivity contribution < 1.29 is 26.4 Å². The SMILES string of the molecule is Cc1ccc(S(=O)(=O)NCC2CCC(C(=O)N[C@H](C)C(=O)N[C@H]3CCS(=O)(=O)C3)CC2)cc1. The van der Waals surface area contributed by atoms with E-state index in [9.17, 15) is 26.4 Å². The lowest BCUT2D eigenvalue weighted by molar-refractivity contribution is -0.131. The van der Waals surface area contributed by atoms with E-state index in [2.05, 4.69) is 15.4 Å². The van der Waals surface area contributed by atoms with Crippen LogP contribution < -0.4 is 15.4 Å². The molecule has 0 spiro atoms. The highest BCUT2D eigenvalue weighted by Gasteiger charge is 2.32. The van der Waals surface area contributed by atoms with Gasteiger partial charge in [0.05, 0.1) is 16.4 Å². The molecule has 1 aromatic rings. The molecule has 1 saturated carbocycles. The number of sulfone groups is 1. The summed E-state index contributed by atoms with van der Waals surface area (Å²) >= 11 is 0. The maximum absolute atomic E-state index is 12.6. The van der Waals surface area contributed by atoms with Crippen molar-refractivity contribution in [2.45, 2.75) is 62.9 Å². The van der Waals surface area contributed by atoms with E-state index in [1.807, 2.05) is 6.92 Å². The molecule has 2 fully saturated rings. The number of nitrogens with one attached hydrogen (secondary N) is 3. The topological polar surface area (TPSA) is 139 Å². The van der Waals surface area contributed by atoms with Gasteiger partial charge in [0.2, 0.25) is 21.8 Å². The van der Waals surface area contributed by atoms with Gasteiger partial charge in [-0.25, -0.2) is 21.6 Å². The summed E-state index contributed by atoms with van der Waals surface area (Å²) in [6.07, 6.45) is 3.08. The largest absolute Gasteiger partial charge is 0.351 e. The van der Waals surface area contributed by atoms with Gasteiger partial charge in [-0.1, -0.05) is 17.7 Å². The lowest BCUT2D eigenvalue weighted by Crippen LogP contribution is -2.50. The molecule has 0 unspecified atom stereocenters. The quantitative estimate of drug-likeness (QED) is 0.486. The van der Waals surface area contributed by atoms with Crippen LogP contribution in [0.1, 0.15) is 44.6 Å². The van der Waals surface area contributed by atoms with Crippen LogP contribution in [0, 0.1) is 18.8 Å². The zero-order valence-corrected chi connectivity index (χ0v) is 20.7. The van der Waals surface area contributed by atoms with Crippen LogP contribution in [0.4, 0.5) is 0 Å². The highest BCUT2D eigenvalue weighted by Crippen LogP contribution is 2.29. The van der Waals surface area contributed by atoms with Crippen LogP contribution in [0.5, 0.6) is 0 Å². The molecule has 1 aliphatic carbocycles. The summed E-state index contributed by atoms with van der Waals surface area (Å²) in [5.74, 6) is -0.642. The van der Waals surface area contributed by atoms with Crippen LogP contribution in [-0.2, 0) is 29.4 Å². The van der Waals surface area contributed by atoms with Crippen LogP contribution >= 0.6 is 0 Å². The molecule has 11 heteroatoms. The minimum absolute atomic E-state index is 0.0584. The molecule has 1 aliphatic heterocycles. The Bertz CT molecular complexity index is 1060. The third-order valence-electron chi connectivity index (χ3n) is 6.44. The molecule has 3 N–H and O–H groups in total. The van der Waals surface area contributed by atoms with Gasteiger partial charge >= 0.3 is 0 Å². The molecule has 184 valence electrons. The number of benzene rings is 1. The van der Waals surface area contributed by atoms with Gasteiger partial charge in [0.1, 0.15) is 6.04 Å². The molecule has 3 rings (SSSR count). The standard InChI is InChI=1S/C22H33N3O6S2/c1-15-3-9-20(10-4-15)33(30,31)23-13-17-5-7-18(8-6-17)22(27)24-16(2)21(26)25-19-11-12-32(28,29)14-19/h3-4,9-10,16-19,23H,5-8,11-14H2,1-2H3,(H,24,27)(H,25,26)/t16-,17?,18?,19+/m1/s1. The van der Waals surface area contributed by atoms with Crippen LogP contribution in [0.3, 0.4) is 0 Å². The number of aryl methyl sites for hydroxylation is 1. The van der Waals surface area contributed by atoms with E-state index in [0.717, 1.165) is 18.4 Å². The predicted molar refractivity (Wildman–Crippen MR) is 125 cm³/mol. The summed E-state index contributed by atoms with van der Waals surface area (Å²) in [5, 5.41) is 5.43. The lowest BCUT2D eigenvalue weighted by atomic mass is 9.81. The number of carbonyl (C=O) groups is 2. The van der Waals surface area contributed by atoms with Gasteiger partial charge in [0, 0.05) is 18.5 Å². The van der Waals surface area contributed by atoms with E-state index < -0.39 is 31.9 Å². The molecule has 0 aromatic heterocycles. The molecule has 1 heterocycles. The van der Waals surface area contributed by atoms with Gasteiger partial charge in [-0.2, -0.15) is 0 Å². The van der Waals surface area contributed by atoms with Crippen molar-refractivity contribution in [2.75, 3.05) is 18.1 Å². The number of sulfonamides is 1. The third kappa shape index (κ3) is 7.25. The fourth-order valence-electron chi connectivity index (χ4n) is 4.29. The summed E-state index contributed by atoms with van der Waals surface area (Å²) in [6, 6.07) is 5.54.